The highest BCUT2D eigenvalue weighted by Crippen LogP contribution is 2.09. The number of aromatic hydroxyl groups is 1. The highest BCUT2D eigenvalue weighted by atomic mass is 16.3. The predicted octanol–water partition coefficient (Wildman–Crippen LogP) is 0.855. The standard InChI is InChI=1S/C11H11N5O/c12-11(8-1-3-10(17)4-2-8)16-15-6-9-5-13-7-14-9/h1-7,17H,(H2,12,16)(H,13,14). The topological polar surface area (TPSA) is 99.7 Å². The van der Waals surface area contributed by atoms with Crippen molar-refractivity contribution in [2.45, 2.75) is 0 Å². The van der Waals surface area contributed by atoms with E-state index in [4.69, 9.17) is 10.8 Å². The quantitative estimate of drug-likeness (QED) is 0.413. The van der Waals surface area contributed by atoms with Crippen molar-refractivity contribution in [3.05, 3.63) is 48.0 Å². The Hall–Kier alpha value is -2.63. The zero-order valence-electron chi connectivity index (χ0n) is 8.91. The first-order valence-electron chi connectivity index (χ1n) is 4.90. The molecule has 0 aliphatic rings. The molecule has 1 aromatic heterocycles. The maximum Gasteiger partial charge on any atom is 0.153 e. The minimum atomic E-state index is 0.182. The van der Waals surface area contributed by atoms with E-state index >= 15 is 0 Å². The van der Waals surface area contributed by atoms with Gasteiger partial charge in [-0.25, -0.2) is 4.98 Å². The summed E-state index contributed by atoms with van der Waals surface area (Å²) in [7, 11) is 0. The van der Waals surface area contributed by atoms with E-state index in [0.29, 0.717) is 11.3 Å². The molecule has 2 aromatic rings. The van der Waals surface area contributed by atoms with Crippen LogP contribution in [0.15, 0.2) is 47.0 Å². The summed E-state index contributed by atoms with van der Waals surface area (Å²) in [5, 5.41) is 16.8. The molecule has 0 radical (unpaired) electrons. The molecule has 4 N–H and O–H groups in total. The normalized spacial score (nSPS) is 12.1. The maximum atomic E-state index is 9.12. The van der Waals surface area contributed by atoms with Gasteiger partial charge in [-0.15, -0.1) is 5.10 Å². The molecule has 1 heterocycles. The first-order valence-corrected chi connectivity index (χ1v) is 4.90. The number of H-pyrrole nitrogens is 1. The highest BCUT2D eigenvalue weighted by Gasteiger charge is 1.97. The van der Waals surface area contributed by atoms with Gasteiger partial charge in [0.2, 0.25) is 0 Å². The number of phenolic OH excluding ortho intramolecular Hbond substituents is 1. The number of amidine groups is 1. The molecule has 0 aliphatic heterocycles. The van der Waals surface area contributed by atoms with Gasteiger partial charge in [-0.1, -0.05) is 0 Å². The van der Waals surface area contributed by atoms with Gasteiger partial charge >= 0.3 is 0 Å². The molecule has 6 heteroatoms. The fourth-order valence-corrected chi connectivity index (χ4v) is 1.18. The van der Waals surface area contributed by atoms with E-state index in [1.54, 1.807) is 24.7 Å². The van der Waals surface area contributed by atoms with Crippen LogP contribution < -0.4 is 5.73 Å². The van der Waals surface area contributed by atoms with Gasteiger partial charge in [0.25, 0.3) is 0 Å². The lowest BCUT2D eigenvalue weighted by Gasteiger charge is -1.97. The smallest absolute Gasteiger partial charge is 0.153 e. The van der Waals surface area contributed by atoms with Crippen LogP contribution in [0.3, 0.4) is 0 Å². The minimum absolute atomic E-state index is 0.182. The Morgan fingerprint density at radius 2 is 2.12 bits per heavy atom. The molecule has 0 saturated carbocycles. The van der Waals surface area contributed by atoms with Crippen molar-refractivity contribution >= 4 is 12.1 Å². The molecule has 0 saturated heterocycles. The first kappa shape index (κ1) is 10.9. The van der Waals surface area contributed by atoms with Gasteiger partial charge in [0.05, 0.1) is 12.5 Å². The molecule has 0 amide bonds. The summed E-state index contributed by atoms with van der Waals surface area (Å²) in [5.41, 5.74) is 7.08. The summed E-state index contributed by atoms with van der Waals surface area (Å²) >= 11 is 0. The number of aromatic amines is 1. The Balaban J connectivity index is 2.09. The second-order valence-corrected chi connectivity index (χ2v) is 3.27. The van der Waals surface area contributed by atoms with E-state index in [2.05, 4.69) is 20.2 Å². The summed E-state index contributed by atoms with van der Waals surface area (Å²) in [6, 6.07) is 6.40. The second kappa shape index (κ2) is 4.93. The Bertz CT molecular complexity index is 527. The molecule has 0 spiro atoms. The van der Waals surface area contributed by atoms with E-state index in [9.17, 15) is 0 Å². The summed E-state index contributed by atoms with van der Waals surface area (Å²) in [5.74, 6) is 0.457. The van der Waals surface area contributed by atoms with Crippen molar-refractivity contribution in [3.63, 3.8) is 0 Å². The maximum absolute atomic E-state index is 9.12. The molecule has 0 atom stereocenters. The Labute approximate surface area is 97.5 Å². The summed E-state index contributed by atoms with van der Waals surface area (Å²) < 4.78 is 0. The van der Waals surface area contributed by atoms with Crippen LogP contribution in [0.2, 0.25) is 0 Å². The number of hydrogen-bond acceptors (Lipinski definition) is 4. The highest BCUT2D eigenvalue weighted by molar-refractivity contribution is 5.97. The monoisotopic (exact) mass is 229 g/mol. The van der Waals surface area contributed by atoms with Crippen LogP contribution in [0.5, 0.6) is 5.75 Å². The Morgan fingerprint density at radius 3 is 2.76 bits per heavy atom. The third kappa shape index (κ3) is 2.91. The molecule has 86 valence electrons. The van der Waals surface area contributed by atoms with E-state index in [1.165, 1.54) is 18.3 Å². The number of nitrogens with zero attached hydrogens (tertiary/aromatic N) is 3. The summed E-state index contributed by atoms with van der Waals surface area (Å²) in [6.45, 7) is 0. The molecule has 2 rings (SSSR count). The number of rotatable bonds is 3. The molecule has 0 fully saturated rings. The van der Waals surface area contributed by atoms with Crippen molar-refractivity contribution < 1.29 is 5.11 Å². The lowest BCUT2D eigenvalue weighted by atomic mass is 10.2. The number of aromatic nitrogens is 2. The number of imidazole rings is 1. The molecule has 0 aliphatic carbocycles. The molecule has 17 heavy (non-hydrogen) atoms. The van der Waals surface area contributed by atoms with Gasteiger partial charge in [0.15, 0.2) is 5.84 Å². The lowest BCUT2D eigenvalue weighted by Crippen LogP contribution is -2.12. The van der Waals surface area contributed by atoms with Gasteiger partial charge in [0.1, 0.15) is 11.4 Å². The van der Waals surface area contributed by atoms with Crippen LogP contribution in [0, 0.1) is 0 Å². The van der Waals surface area contributed by atoms with Gasteiger partial charge in [-0.05, 0) is 24.3 Å². The van der Waals surface area contributed by atoms with Gasteiger partial charge < -0.3 is 15.8 Å². The van der Waals surface area contributed by atoms with Gasteiger partial charge in [0, 0.05) is 11.8 Å². The number of nitrogens with one attached hydrogen (secondary N) is 1. The zero-order chi connectivity index (χ0) is 12.1. The average molecular weight is 229 g/mol. The molecule has 1 aromatic carbocycles. The van der Waals surface area contributed by atoms with Crippen molar-refractivity contribution in [1.29, 1.82) is 0 Å². The van der Waals surface area contributed by atoms with E-state index in [0.717, 1.165) is 0 Å². The fraction of sp³-hybridized carbons (Fsp3) is 0. The predicted molar refractivity (Wildman–Crippen MR) is 65.0 cm³/mol. The zero-order valence-corrected chi connectivity index (χ0v) is 8.91. The van der Waals surface area contributed by atoms with Crippen molar-refractivity contribution in [2.75, 3.05) is 0 Å². The minimum Gasteiger partial charge on any atom is -0.508 e. The van der Waals surface area contributed by atoms with Crippen molar-refractivity contribution in [2.24, 2.45) is 15.9 Å². The summed E-state index contributed by atoms with van der Waals surface area (Å²) in [6.07, 6.45) is 4.73. The fourth-order valence-electron chi connectivity index (χ4n) is 1.18. The van der Waals surface area contributed by atoms with Crippen LogP contribution >= 0.6 is 0 Å². The van der Waals surface area contributed by atoms with Crippen LogP contribution in [0.4, 0.5) is 0 Å². The van der Waals surface area contributed by atoms with Gasteiger partial charge in [-0.2, -0.15) is 5.10 Å². The van der Waals surface area contributed by atoms with Crippen LogP contribution in [0.25, 0.3) is 0 Å². The van der Waals surface area contributed by atoms with Crippen molar-refractivity contribution in [1.82, 2.24) is 9.97 Å². The lowest BCUT2D eigenvalue weighted by molar-refractivity contribution is 0.475. The molecular formula is C11H11N5O. The average Bonchev–Trinajstić information content (AvgIpc) is 2.83. The van der Waals surface area contributed by atoms with E-state index in [-0.39, 0.29) is 11.6 Å². The van der Waals surface area contributed by atoms with Crippen LogP contribution in [-0.2, 0) is 0 Å². The Morgan fingerprint density at radius 1 is 1.35 bits per heavy atom. The second-order valence-electron chi connectivity index (χ2n) is 3.27. The molecule has 0 bridgehead atoms. The molecule has 0 unspecified atom stereocenters. The Kier molecular flexibility index (Phi) is 3.15. The number of phenols is 1. The molecule has 6 nitrogen and oxygen atoms in total. The number of benzene rings is 1. The summed E-state index contributed by atoms with van der Waals surface area (Å²) in [4.78, 5) is 6.75. The van der Waals surface area contributed by atoms with Crippen LogP contribution in [0.1, 0.15) is 11.3 Å². The van der Waals surface area contributed by atoms with E-state index < -0.39 is 0 Å². The third-order valence-electron chi connectivity index (χ3n) is 2.04. The largest absolute Gasteiger partial charge is 0.508 e. The first-order chi connectivity index (χ1) is 8.25. The number of hydrogen-bond donors (Lipinski definition) is 3. The number of nitrogens with two attached hydrogens (primary N) is 1. The van der Waals surface area contributed by atoms with Crippen LogP contribution in [-0.4, -0.2) is 27.1 Å². The van der Waals surface area contributed by atoms with Gasteiger partial charge in [-0.3, -0.25) is 0 Å². The van der Waals surface area contributed by atoms with Crippen molar-refractivity contribution in [3.8, 4) is 5.75 Å². The van der Waals surface area contributed by atoms with E-state index in [1.807, 2.05) is 0 Å². The molecular weight excluding hydrogens is 218 g/mol. The SMILES string of the molecule is NC(=NN=Cc1c[nH]cn1)c1ccc(O)cc1. The third-order valence-corrected chi connectivity index (χ3v) is 2.04.